The molecule has 0 bridgehead atoms. The Labute approximate surface area is 198 Å². The number of nitrogens with zero attached hydrogens (tertiary/aromatic N) is 2. The zero-order chi connectivity index (χ0) is 24.1. The number of carbonyl (C=O) groups is 2. The van der Waals surface area contributed by atoms with Crippen LogP contribution in [0.4, 0.5) is 11.5 Å². The molecule has 0 spiro atoms. The fourth-order valence-electron chi connectivity index (χ4n) is 3.38. The second kappa shape index (κ2) is 9.70. The van der Waals surface area contributed by atoms with Gasteiger partial charge >= 0.3 is 0 Å². The topological polar surface area (TPSA) is 97.1 Å². The molecule has 7 nitrogen and oxygen atoms in total. The molecule has 0 saturated carbocycles. The van der Waals surface area contributed by atoms with Crippen molar-refractivity contribution in [3.63, 3.8) is 0 Å². The van der Waals surface area contributed by atoms with E-state index in [-0.39, 0.29) is 17.0 Å². The van der Waals surface area contributed by atoms with Gasteiger partial charge in [0, 0.05) is 29.4 Å². The number of rotatable bonds is 6. The molecule has 0 fully saturated rings. The van der Waals surface area contributed by atoms with Gasteiger partial charge in [0.2, 0.25) is 11.8 Å². The maximum atomic E-state index is 13.1. The smallest absolute Gasteiger partial charge is 0.279 e. The molecule has 2 aromatic carbocycles. The largest absolute Gasteiger partial charge is 0.435 e. The Kier molecular flexibility index (Phi) is 6.54. The summed E-state index contributed by atoms with van der Waals surface area (Å²) in [4.78, 5) is 34.0. The number of benzene rings is 2. The minimum Gasteiger partial charge on any atom is -0.435 e. The molecule has 0 saturated heterocycles. The maximum absolute atomic E-state index is 13.1. The monoisotopic (exact) mass is 454 g/mol. The molecule has 4 aromatic rings. The minimum absolute atomic E-state index is 0.0540. The van der Waals surface area contributed by atoms with E-state index in [4.69, 9.17) is 4.42 Å². The number of nitrogens with one attached hydrogen (secondary N) is 2. The molecular weight excluding hydrogens is 428 g/mol. The molecule has 7 heteroatoms. The van der Waals surface area contributed by atoms with Gasteiger partial charge in [0.15, 0.2) is 11.5 Å². The first-order valence-corrected chi connectivity index (χ1v) is 11.0. The van der Waals surface area contributed by atoms with Crippen LogP contribution in [0.5, 0.6) is 0 Å². The Bertz CT molecular complexity index is 1280. The minimum atomic E-state index is -0.429. The zero-order valence-corrected chi connectivity index (χ0v) is 19.3. The summed E-state index contributed by atoms with van der Waals surface area (Å²) in [5.41, 5.74) is 2.13. The van der Waals surface area contributed by atoms with Crippen LogP contribution in [-0.4, -0.2) is 21.8 Å². The fourth-order valence-corrected chi connectivity index (χ4v) is 3.38. The molecule has 0 atom stereocenters. The van der Waals surface area contributed by atoms with E-state index >= 15 is 0 Å². The average molecular weight is 455 g/mol. The zero-order valence-electron chi connectivity index (χ0n) is 19.3. The van der Waals surface area contributed by atoms with Crippen LogP contribution >= 0.6 is 0 Å². The normalized spacial score (nSPS) is 11.1. The molecule has 2 aromatic heterocycles. The molecule has 34 heavy (non-hydrogen) atoms. The highest BCUT2D eigenvalue weighted by atomic mass is 16.4. The number of hydrogen-bond acceptors (Lipinski definition) is 5. The van der Waals surface area contributed by atoms with E-state index in [1.165, 1.54) is 0 Å². The summed E-state index contributed by atoms with van der Waals surface area (Å²) in [6, 6.07) is 21.8. The molecule has 2 N–H and O–H groups in total. The third-order valence-electron chi connectivity index (χ3n) is 4.89. The van der Waals surface area contributed by atoms with E-state index in [1.54, 1.807) is 48.7 Å². The highest BCUT2D eigenvalue weighted by Crippen LogP contribution is 2.31. The van der Waals surface area contributed by atoms with Gasteiger partial charge in [-0.05, 0) is 53.9 Å². The molecule has 2 heterocycles. The lowest BCUT2D eigenvalue weighted by molar-refractivity contribution is -0.117. The Morgan fingerprint density at radius 3 is 2.21 bits per heavy atom. The van der Waals surface area contributed by atoms with Crippen molar-refractivity contribution >= 4 is 23.3 Å². The van der Waals surface area contributed by atoms with Crippen molar-refractivity contribution in [3.05, 3.63) is 84.7 Å². The van der Waals surface area contributed by atoms with Crippen molar-refractivity contribution in [1.29, 1.82) is 0 Å². The Morgan fingerprint density at radius 1 is 0.853 bits per heavy atom. The standard InChI is InChI=1S/C27H26N4O3/c1-27(2,3)17-22(32)29-20-14-12-18(13-15-20)24-23(25(33)30-21-11-7-8-16-28-21)31-26(34-24)19-9-5-4-6-10-19/h4-16H,17H2,1-3H3,(H,29,32)(H,28,30,33). The lowest BCUT2D eigenvalue weighted by Gasteiger charge is -2.17. The molecular formula is C27H26N4O3. The number of anilines is 2. The van der Waals surface area contributed by atoms with Crippen molar-refractivity contribution in [2.75, 3.05) is 10.6 Å². The van der Waals surface area contributed by atoms with Crippen molar-refractivity contribution in [1.82, 2.24) is 9.97 Å². The quantitative estimate of drug-likeness (QED) is 0.371. The number of carbonyl (C=O) groups excluding carboxylic acids is 2. The molecule has 2 amide bonds. The second-order valence-corrected chi connectivity index (χ2v) is 9.09. The first-order valence-electron chi connectivity index (χ1n) is 11.0. The molecule has 172 valence electrons. The van der Waals surface area contributed by atoms with Gasteiger partial charge in [-0.3, -0.25) is 9.59 Å². The number of oxazole rings is 1. The number of pyridine rings is 1. The van der Waals surface area contributed by atoms with Crippen LogP contribution in [0, 0.1) is 5.41 Å². The Hall–Kier alpha value is -4.26. The van der Waals surface area contributed by atoms with Crippen LogP contribution in [0.25, 0.3) is 22.8 Å². The third-order valence-corrected chi connectivity index (χ3v) is 4.89. The average Bonchev–Trinajstić information content (AvgIpc) is 3.25. The van der Waals surface area contributed by atoms with Gasteiger partial charge in [-0.2, -0.15) is 0 Å². The van der Waals surface area contributed by atoms with Gasteiger partial charge in [0.25, 0.3) is 5.91 Å². The summed E-state index contributed by atoms with van der Waals surface area (Å²) in [6.45, 7) is 6.05. The molecule has 0 aliphatic rings. The molecule has 0 aliphatic carbocycles. The van der Waals surface area contributed by atoms with Crippen LogP contribution in [0.2, 0.25) is 0 Å². The lowest BCUT2D eigenvalue weighted by Crippen LogP contribution is -2.19. The lowest BCUT2D eigenvalue weighted by atomic mass is 9.92. The first kappa shape index (κ1) is 22.9. The van der Waals surface area contributed by atoms with Crippen LogP contribution in [0.1, 0.15) is 37.7 Å². The van der Waals surface area contributed by atoms with E-state index in [0.29, 0.717) is 35.1 Å². The molecule has 4 rings (SSSR count). The van der Waals surface area contributed by atoms with Crippen molar-refractivity contribution in [2.24, 2.45) is 5.41 Å². The highest BCUT2D eigenvalue weighted by Gasteiger charge is 2.23. The molecule has 0 aliphatic heterocycles. The predicted molar refractivity (Wildman–Crippen MR) is 132 cm³/mol. The van der Waals surface area contributed by atoms with E-state index in [9.17, 15) is 9.59 Å². The summed E-state index contributed by atoms with van der Waals surface area (Å²) >= 11 is 0. The van der Waals surface area contributed by atoms with E-state index in [2.05, 4.69) is 20.6 Å². The van der Waals surface area contributed by atoms with Gasteiger partial charge < -0.3 is 15.1 Å². The second-order valence-electron chi connectivity index (χ2n) is 9.09. The van der Waals surface area contributed by atoms with Crippen molar-refractivity contribution in [2.45, 2.75) is 27.2 Å². The Morgan fingerprint density at radius 2 is 1.56 bits per heavy atom. The first-order chi connectivity index (χ1) is 16.3. The molecule has 0 radical (unpaired) electrons. The highest BCUT2D eigenvalue weighted by molar-refractivity contribution is 6.06. The van der Waals surface area contributed by atoms with Gasteiger partial charge in [-0.1, -0.05) is 45.0 Å². The van der Waals surface area contributed by atoms with Gasteiger partial charge in [-0.15, -0.1) is 0 Å². The predicted octanol–water partition coefficient (Wildman–Crippen LogP) is 6.03. The Balaban J connectivity index is 1.64. The van der Waals surface area contributed by atoms with Crippen LogP contribution in [-0.2, 0) is 4.79 Å². The number of hydrogen-bond donors (Lipinski definition) is 2. The van der Waals surface area contributed by atoms with E-state index in [0.717, 1.165) is 5.56 Å². The third kappa shape index (κ3) is 5.75. The maximum Gasteiger partial charge on any atom is 0.279 e. The number of amides is 2. The fraction of sp³-hybridized carbons (Fsp3) is 0.185. The van der Waals surface area contributed by atoms with Crippen molar-refractivity contribution in [3.8, 4) is 22.8 Å². The van der Waals surface area contributed by atoms with Gasteiger partial charge in [0.05, 0.1) is 0 Å². The van der Waals surface area contributed by atoms with Crippen molar-refractivity contribution < 1.29 is 14.0 Å². The van der Waals surface area contributed by atoms with Crippen LogP contribution < -0.4 is 10.6 Å². The summed E-state index contributed by atoms with van der Waals surface area (Å²) < 4.78 is 6.05. The van der Waals surface area contributed by atoms with Gasteiger partial charge in [0.1, 0.15) is 5.82 Å². The SMILES string of the molecule is CC(C)(C)CC(=O)Nc1ccc(-c2oc(-c3ccccc3)nc2C(=O)Nc2ccccn2)cc1. The summed E-state index contributed by atoms with van der Waals surface area (Å²) in [7, 11) is 0. The summed E-state index contributed by atoms with van der Waals surface area (Å²) in [5.74, 6) is 0.604. The summed E-state index contributed by atoms with van der Waals surface area (Å²) in [6.07, 6.45) is 2.01. The number of aromatic nitrogens is 2. The van der Waals surface area contributed by atoms with Crippen LogP contribution in [0.15, 0.2) is 83.4 Å². The van der Waals surface area contributed by atoms with E-state index in [1.807, 2.05) is 51.1 Å². The van der Waals surface area contributed by atoms with E-state index < -0.39 is 5.91 Å². The van der Waals surface area contributed by atoms with Gasteiger partial charge in [-0.25, -0.2) is 9.97 Å². The van der Waals surface area contributed by atoms with Crippen LogP contribution in [0.3, 0.4) is 0 Å². The summed E-state index contributed by atoms with van der Waals surface area (Å²) in [5, 5.41) is 5.67. The molecule has 0 unspecified atom stereocenters.